The van der Waals surface area contributed by atoms with E-state index >= 15 is 0 Å². The summed E-state index contributed by atoms with van der Waals surface area (Å²) in [6.45, 7) is 2.65. The Labute approximate surface area is 99.1 Å². The van der Waals surface area contributed by atoms with Crippen molar-refractivity contribution in [2.24, 2.45) is 0 Å². The Morgan fingerprint density at radius 3 is 2.62 bits per heavy atom. The van der Waals surface area contributed by atoms with Crippen molar-refractivity contribution in [2.45, 2.75) is 31.3 Å². The van der Waals surface area contributed by atoms with Crippen LogP contribution in [0.15, 0.2) is 12.3 Å². The van der Waals surface area contributed by atoms with Gasteiger partial charge in [0.2, 0.25) is 0 Å². The molecule has 5 nitrogen and oxygen atoms in total. The van der Waals surface area contributed by atoms with Gasteiger partial charge in [0, 0.05) is 13.8 Å². The summed E-state index contributed by atoms with van der Waals surface area (Å²) < 4.78 is 15.1. The summed E-state index contributed by atoms with van der Waals surface area (Å²) in [5.41, 5.74) is 0. The number of thiol groups is 1. The van der Waals surface area contributed by atoms with Crippen molar-refractivity contribution in [2.75, 3.05) is 6.61 Å². The highest BCUT2D eigenvalue weighted by Gasteiger charge is 2.33. The molecule has 0 saturated carbocycles. The lowest BCUT2D eigenvalue weighted by Gasteiger charge is -2.31. The number of hydrogen-bond donors (Lipinski definition) is 1. The average molecular weight is 246 g/mol. The fraction of sp³-hybridized carbons (Fsp3) is 0.600. The molecule has 0 N–H and O–H groups in total. The highest BCUT2D eigenvalue weighted by atomic mass is 32.1. The summed E-state index contributed by atoms with van der Waals surface area (Å²) in [6, 6.07) is 0. The molecule has 3 atom stereocenters. The normalized spacial score (nSPS) is 28.1. The fourth-order valence-electron chi connectivity index (χ4n) is 1.30. The number of hydrogen-bond acceptors (Lipinski definition) is 6. The number of ether oxygens (including phenoxy) is 3. The first-order valence-corrected chi connectivity index (χ1v) is 5.33. The Morgan fingerprint density at radius 1 is 1.38 bits per heavy atom. The lowest BCUT2D eigenvalue weighted by molar-refractivity contribution is -0.159. The maximum Gasteiger partial charge on any atom is 0.303 e. The molecule has 1 aliphatic heterocycles. The topological polar surface area (TPSA) is 61.8 Å². The second kappa shape index (κ2) is 5.79. The molecule has 0 saturated heterocycles. The number of esters is 2. The Morgan fingerprint density at radius 2 is 2.06 bits per heavy atom. The maximum absolute atomic E-state index is 10.9. The van der Waals surface area contributed by atoms with Crippen molar-refractivity contribution < 1.29 is 23.8 Å². The molecule has 0 aromatic carbocycles. The highest BCUT2D eigenvalue weighted by molar-refractivity contribution is 7.81. The van der Waals surface area contributed by atoms with Crippen LogP contribution in [-0.4, -0.2) is 36.0 Å². The van der Waals surface area contributed by atoms with Crippen LogP contribution in [-0.2, 0) is 23.8 Å². The monoisotopic (exact) mass is 246 g/mol. The summed E-state index contributed by atoms with van der Waals surface area (Å²) in [5, 5.41) is -0.266. The van der Waals surface area contributed by atoms with Gasteiger partial charge in [0.05, 0.1) is 11.5 Å². The van der Waals surface area contributed by atoms with Crippen LogP contribution in [0.1, 0.15) is 13.8 Å². The molecule has 1 heterocycles. The van der Waals surface area contributed by atoms with Crippen LogP contribution < -0.4 is 0 Å². The van der Waals surface area contributed by atoms with Crippen LogP contribution in [0.25, 0.3) is 0 Å². The van der Waals surface area contributed by atoms with E-state index in [1.54, 1.807) is 6.08 Å². The molecule has 16 heavy (non-hydrogen) atoms. The predicted octanol–water partition coefficient (Wildman–Crippen LogP) is 0.692. The quantitative estimate of drug-likeness (QED) is 0.586. The van der Waals surface area contributed by atoms with E-state index in [-0.39, 0.29) is 11.9 Å². The van der Waals surface area contributed by atoms with E-state index in [1.807, 2.05) is 0 Å². The van der Waals surface area contributed by atoms with E-state index in [4.69, 9.17) is 14.2 Å². The zero-order chi connectivity index (χ0) is 12.1. The standard InChI is InChI=1S/C10H14O5S/c1-6(11)14-5-8-10(15-7(2)12)9(16)3-4-13-8/h3-4,8-10,16H,5H2,1-2H3/t8?,9-,10-/m1/s1. The van der Waals surface area contributed by atoms with Gasteiger partial charge in [-0.25, -0.2) is 0 Å². The zero-order valence-electron chi connectivity index (χ0n) is 9.08. The van der Waals surface area contributed by atoms with Crippen LogP contribution in [0.4, 0.5) is 0 Å². The van der Waals surface area contributed by atoms with Gasteiger partial charge in [-0.1, -0.05) is 0 Å². The van der Waals surface area contributed by atoms with Crippen LogP contribution in [0, 0.1) is 0 Å². The van der Waals surface area contributed by atoms with Crippen LogP contribution in [0.2, 0.25) is 0 Å². The molecule has 0 aromatic rings. The van der Waals surface area contributed by atoms with Gasteiger partial charge in [-0.2, -0.15) is 12.6 Å². The number of carbonyl (C=O) groups excluding carboxylic acids is 2. The molecule has 0 bridgehead atoms. The predicted molar refractivity (Wildman–Crippen MR) is 59.0 cm³/mol. The zero-order valence-corrected chi connectivity index (χ0v) is 9.98. The Bertz CT molecular complexity index is 302. The van der Waals surface area contributed by atoms with E-state index < -0.39 is 24.1 Å². The lowest BCUT2D eigenvalue weighted by atomic mass is 10.1. The summed E-state index contributed by atoms with van der Waals surface area (Å²) in [5.74, 6) is -0.828. The third-order valence-electron chi connectivity index (χ3n) is 1.99. The van der Waals surface area contributed by atoms with E-state index in [1.165, 1.54) is 20.1 Å². The molecule has 0 amide bonds. The molecule has 90 valence electrons. The largest absolute Gasteiger partial charge is 0.491 e. The summed E-state index contributed by atoms with van der Waals surface area (Å²) in [7, 11) is 0. The third kappa shape index (κ3) is 3.77. The SMILES string of the molecule is CC(=O)OCC1OC=C[C@@H](S)[C@@H]1OC(C)=O. The first kappa shape index (κ1) is 12.9. The summed E-state index contributed by atoms with van der Waals surface area (Å²) in [4.78, 5) is 21.6. The van der Waals surface area contributed by atoms with E-state index in [0.717, 1.165) is 0 Å². The number of carbonyl (C=O) groups is 2. The van der Waals surface area contributed by atoms with Gasteiger partial charge in [0.1, 0.15) is 6.61 Å². The van der Waals surface area contributed by atoms with Crippen LogP contribution in [0.3, 0.4) is 0 Å². The molecular weight excluding hydrogens is 232 g/mol. The third-order valence-corrected chi connectivity index (χ3v) is 2.45. The lowest BCUT2D eigenvalue weighted by Crippen LogP contribution is -2.43. The maximum atomic E-state index is 10.9. The molecule has 0 radical (unpaired) electrons. The molecule has 1 rings (SSSR count). The van der Waals surface area contributed by atoms with Gasteiger partial charge < -0.3 is 14.2 Å². The summed E-state index contributed by atoms with van der Waals surface area (Å²) >= 11 is 4.25. The van der Waals surface area contributed by atoms with Crippen molar-refractivity contribution in [3.05, 3.63) is 12.3 Å². The molecular formula is C10H14O5S. The van der Waals surface area contributed by atoms with Crippen LogP contribution in [0.5, 0.6) is 0 Å². The Hall–Kier alpha value is -1.17. The number of rotatable bonds is 3. The van der Waals surface area contributed by atoms with Gasteiger partial charge in [-0.3, -0.25) is 9.59 Å². The van der Waals surface area contributed by atoms with Crippen molar-refractivity contribution in [3.8, 4) is 0 Å². The molecule has 0 aromatic heterocycles. The van der Waals surface area contributed by atoms with Gasteiger partial charge in [-0.05, 0) is 6.08 Å². The van der Waals surface area contributed by atoms with E-state index in [0.29, 0.717) is 0 Å². The first-order valence-electron chi connectivity index (χ1n) is 4.81. The molecule has 0 aliphatic carbocycles. The van der Waals surface area contributed by atoms with Crippen molar-refractivity contribution in [1.29, 1.82) is 0 Å². The van der Waals surface area contributed by atoms with Gasteiger partial charge >= 0.3 is 11.9 Å². The molecule has 1 aliphatic rings. The minimum atomic E-state index is -0.551. The minimum absolute atomic E-state index is 0.0364. The second-order valence-corrected chi connectivity index (χ2v) is 3.97. The van der Waals surface area contributed by atoms with Crippen molar-refractivity contribution >= 4 is 24.6 Å². The van der Waals surface area contributed by atoms with Crippen molar-refractivity contribution in [1.82, 2.24) is 0 Å². The summed E-state index contributed by atoms with van der Waals surface area (Å²) in [6.07, 6.45) is 2.07. The fourth-order valence-corrected chi connectivity index (χ4v) is 1.63. The smallest absolute Gasteiger partial charge is 0.303 e. The van der Waals surface area contributed by atoms with Gasteiger partial charge in [0.25, 0.3) is 0 Å². The molecule has 0 fully saturated rings. The van der Waals surface area contributed by atoms with E-state index in [9.17, 15) is 9.59 Å². The van der Waals surface area contributed by atoms with Gasteiger partial charge in [-0.15, -0.1) is 0 Å². The molecule has 1 unspecified atom stereocenters. The minimum Gasteiger partial charge on any atom is -0.491 e. The Kier molecular flexibility index (Phi) is 4.67. The van der Waals surface area contributed by atoms with Gasteiger partial charge in [0.15, 0.2) is 12.2 Å². The second-order valence-electron chi connectivity index (χ2n) is 3.37. The Balaban J connectivity index is 2.60. The highest BCUT2D eigenvalue weighted by Crippen LogP contribution is 2.20. The van der Waals surface area contributed by atoms with E-state index in [2.05, 4.69) is 12.6 Å². The first-order chi connectivity index (χ1) is 7.50. The van der Waals surface area contributed by atoms with Crippen molar-refractivity contribution in [3.63, 3.8) is 0 Å². The molecule has 6 heteroatoms. The van der Waals surface area contributed by atoms with Crippen LogP contribution >= 0.6 is 12.6 Å². The molecule has 0 spiro atoms. The average Bonchev–Trinajstić information content (AvgIpc) is 2.18.